The minimum atomic E-state index is -1.30. The molecule has 0 saturated carbocycles. The van der Waals surface area contributed by atoms with Gasteiger partial charge in [-0.1, -0.05) is 48.5 Å². The first-order valence-corrected chi connectivity index (χ1v) is 11.9. The summed E-state index contributed by atoms with van der Waals surface area (Å²) < 4.78 is 0. The number of hydrogen-bond acceptors (Lipinski definition) is 5. The minimum absolute atomic E-state index is 0.148. The van der Waals surface area contributed by atoms with E-state index in [1.807, 2.05) is 60.0 Å². The number of benzene rings is 2. The Balaban J connectivity index is 1.45. The lowest BCUT2D eigenvalue weighted by molar-refractivity contribution is -0.140. The Bertz CT molecular complexity index is 1240. The van der Waals surface area contributed by atoms with Gasteiger partial charge in [-0.15, -0.1) is 11.3 Å². The molecule has 0 radical (unpaired) electrons. The van der Waals surface area contributed by atoms with Crippen LogP contribution in [0.1, 0.15) is 24.3 Å². The summed E-state index contributed by atoms with van der Waals surface area (Å²) in [6.07, 6.45) is 0. The number of carbonyl (C=O) groups is 4. The summed E-state index contributed by atoms with van der Waals surface area (Å²) >= 11 is 1.53. The predicted molar refractivity (Wildman–Crippen MR) is 130 cm³/mol. The van der Waals surface area contributed by atoms with E-state index in [0.29, 0.717) is 12.1 Å². The number of hydrogen-bond donors (Lipinski definition) is 2. The average molecular weight is 479 g/mol. The summed E-state index contributed by atoms with van der Waals surface area (Å²) in [6, 6.07) is 16.4. The quantitative estimate of drug-likeness (QED) is 0.487. The molecule has 1 fully saturated rings. The van der Waals surface area contributed by atoms with Crippen LogP contribution >= 0.6 is 11.3 Å². The first kappa shape index (κ1) is 23.4. The number of amides is 5. The molecular weight excluding hydrogens is 452 g/mol. The van der Waals surface area contributed by atoms with Crippen LogP contribution in [0.15, 0.2) is 60.0 Å². The number of likely N-dealkylation sites (N-methyl/N-ethyl adjacent to an activating group) is 1. The third-order valence-corrected chi connectivity index (χ3v) is 6.88. The normalized spacial score (nSPS) is 17.6. The highest BCUT2D eigenvalue weighted by Crippen LogP contribution is 2.33. The van der Waals surface area contributed by atoms with Gasteiger partial charge >= 0.3 is 6.03 Å². The van der Waals surface area contributed by atoms with Crippen molar-refractivity contribution in [1.29, 1.82) is 0 Å². The summed E-state index contributed by atoms with van der Waals surface area (Å²) in [7, 11) is 0. The molecule has 9 heteroatoms. The van der Waals surface area contributed by atoms with Crippen molar-refractivity contribution in [2.24, 2.45) is 0 Å². The molecule has 0 aliphatic carbocycles. The summed E-state index contributed by atoms with van der Waals surface area (Å²) in [4.78, 5) is 54.7. The Morgan fingerprint density at radius 2 is 1.85 bits per heavy atom. The van der Waals surface area contributed by atoms with E-state index >= 15 is 0 Å². The van der Waals surface area contributed by atoms with Gasteiger partial charge in [0.05, 0.1) is 13.1 Å². The number of nitrogens with one attached hydrogen (secondary N) is 2. The van der Waals surface area contributed by atoms with E-state index in [9.17, 15) is 19.2 Å². The Kier molecular flexibility index (Phi) is 6.65. The number of thiophene rings is 1. The van der Waals surface area contributed by atoms with Crippen molar-refractivity contribution in [3.05, 3.63) is 70.4 Å². The van der Waals surface area contributed by atoms with Gasteiger partial charge in [-0.25, -0.2) is 4.79 Å². The van der Waals surface area contributed by atoms with Crippen LogP contribution in [0, 0.1) is 0 Å². The molecule has 4 rings (SSSR count). The van der Waals surface area contributed by atoms with Crippen molar-refractivity contribution in [2.75, 3.05) is 19.6 Å². The van der Waals surface area contributed by atoms with E-state index in [1.54, 1.807) is 13.8 Å². The number of imide groups is 1. The van der Waals surface area contributed by atoms with Gasteiger partial charge in [0.2, 0.25) is 11.8 Å². The molecule has 8 nitrogen and oxygen atoms in total. The molecule has 34 heavy (non-hydrogen) atoms. The first-order valence-electron chi connectivity index (χ1n) is 11.0. The maximum absolute atomic E-state index is 13.4. The van der Waals surface area contributed by atoms with Crippen LogP contribution in [-0.4, -0.2) is 53.2 Å². The summed E-state index contributed by atoms with van der Waals surface area (Å²) in [6.45, 7) is 3.47. The van der Waals surface area contributed by atoms with E-state index in [0.717, 1.165) is 20.5 Å². The fourth-order valence-corrected chi connectivity index (χ4v) is 4.77. The van der Waals surface area contributed by atoms with Crippen molar-refractivity contribution in [3.63, 3.8) is 0 Å². The topological polar surface area (TPSA) is 98.8 Å². The number of carbonyl (C=O) groups excluding carboxylic acids is 4. The van der Waals surface area contributed by atoms with Crippen LogP contribution in [0.2, 0.25) is 0 Å². The predicted octanol–water partition coefficient (Wildman–Crippen LogP) is 2.83. The van der Waals surface area contributed by atoms with Crippen LogP contribution in [0.4, 0.5) is 4.79 Å². The molecule has 0 spiro atoms. The van der Waals surface area contributed by atoms with Gasteiger partial charge in [0, 0.05) is 11.4 Å². The summed E-state index contributed by atoms with van der Waals surface area (Å²) in [5.74, 6) is -1.28. The minimum Gasteiger partial charge on any atom is -0.350 e. The third-order valence-electron chi connectivity index (χ3n) is 6.01. The van der Waals surface area contributed by atoms with Crippen LogP contribution in [0.25, 0.3) is 10.8 Å². The van der Waals surface area contributed by atoms with Crippen molar-refractivity contribution in [2.45, 2.75) is 25.9 Å². The van der Waals surface area contributed by atoms with E-state index < -0.39 is 29.9 Å². The number of rotatable bonds is 8. The zero-order valence-corrected chi connectivity index (χ0v) is 19.9. The fraction of sp³-hybridized carbons (Fsp3) is 0.280. The van der Waals surface area contributed by atoms with Crippen LogP contribution in [-0.2, 0) is 26.5 Å². The Morgan fingerprint density at radius 3 is 2.59 bits per heavy atom. The molecule has 1 saturated heterocycles. The summed E-state index contributed by atoms with van der Waals surface area (Å²) in [5, 5.41) is 9.28. The number of urea groups is 1. The van der Waals surface area contributed by atoms with Gasteiger partial charge in [0.15, 0.2) is 0 Å². The number of nitrogens with zero attached hydrogens (tertiary/aromatic N) is 2. The Hall–Kier alpha value is -3.72. The molecule has 2 heterocycles. The average Bonchev–Trinajstić information content (AvgIpc) is 3.43. The largest absolute Gasteiger partial charge is 0.350 e. The second kappa shape index (κ2) is 9.64. The molecule has 5 amide bonds. The molecule has 1 atom stereocenters. The van der Waals surface area contributed by atoms with Crippen LogP contribution in [0.5, 0.6) is 0 Å². The van der Waals surface area contributed by atoms with E-state index in [1.165, 1.54) is 16.2 Å². The lowest BCUT2D eigenvalue weighted by Crippen LogP contribution is -2.47. The molecule has 1 aliphatic heterocycles. The van der Waals surface area contributed by atoms with Gasteiger partial charge in [-0.05, 0) is 41.6 Å². The van der Waals surface area contributed by atoms with Gasteiger partial charge in [-0.2, -0.15) is 0 Å². The fourth-order valence-electron chi connectivity index (χ4n) is 4.12. The van der Waals surface area contributed by atoms with Gasteiger partial charge in [0.1, 0.15) is 12.1 Å². The molecular formula is C25H26N4O4S. The van der Waals surface area contributed by atoms with Gasteiger partial charge in [-0.3, -0.25) is 19.3 Å². The first-order chi connectivity index (χ1) is 16.3. The van der Waals surface area contributed by atoms with E-state index in [-0.39, 0.29) is 19.0 Å². The summed E-state index contributed by atoms with van der Waals surface area (Å²) in [5.41, 5.74) is -0.632. The maximum Gasteiger partial charge on any atom is 0.325 e. The maximum atomic E-state index is 13.4. The molecule has 0 unspecified atom stereocenters. The van der Waals surface area contributed by atoms with Crippen molar-refractivity contribution in [1.82, 2.24) is 20.4 Å². The number of fused-ring (bicyclic) bond motifs is 1. The van der Waals surface area contributed by atoms with Gasteiger partial charge in [0.25, 0.3) is 5.91 Å². The monoisotopic (exact) mass is 478 g/mol. The standard InChI is InChI=1S/C25H26N4O4S/c1-3-28(15-21(30)26-14-18-10-7-13-34-18)22(31)16-29-23(32)25(2,27-24(29)33)20-12-6-9-17-8-4-5-11-19(17)20/h4-13H,3,14-16H2,1-2H3,(H,26,30)(H,27,33)/t25-/m0/s1. The lowest BCUT2D eigenvalue weighted by Gasteiger charge is -2.25. The Labute approximate surface area is 201 Å². The second-order valence-electron chi connectivity index (χ2n) is 8.24. The third kappa shape index (κ3) is 4.51. The molecule has 2 N–H and O–H groups in total. The smallest absolute Gasteiger partial charge is 0.325 e. The van der Waals surface area contributed by atoms with Crippen molar-refractivity contribution >= 4 is 45.9 Å². The Morgan fingerprint density at radius 1 is 1.09 bits per heavy atom. The van der Waals surface area contributed by atoms with Crippen molar-refractivity contribution < 1.29 is 19.2 Å². The van der Waals surface area contributed by atoms with Crippen LogP contribution in [0.3, 0.4) is 0 Å². The highest BCUT2D eigenvalue weighted by molar-refractivity contribution is 7.09. The molecule has 3 aromatic rings. The second-order valence-corrected chi connectivity index (χ2v) is 9.27. The van der Waals surface area contributed by atoms with Crippen molar-refractivity contribution in [3.8, 4) is 0 Å². The molecule has 2 aromatic carbocycles. The molecule has 1 aliphatic rings. The molecule has 1 aromatic heterocycles. The highest BCUT2D eigenvalue weighted by Gasteiger charge is 2.50. The van der Waals surface area contributed by atoms with E-state index in [4.69, 9.17) is 0 Å². The lowest BCUT2D eigenvalue weighted by atomic mass is 9.88. The zero-order valence-electron chi connectivity index (χ0n) is 19.0. The SMILES string of the molecule is CCN(CC(=O)NCc1cccs1)C(=O)CN1C(=O)N[C@@](C)(c2cccc3ccccc23)C1=O. The highest BCUT2D eigenvalue weighted by atomic mass is 32.1. The van der Waals surface area contributed by atoms with Crippen LogP contribution < -0.4 is 10.6 Å². The zero-order chi connectivity index (χ0) is 24.3. The van der Waals surface area contributed by atoms with Gasteiger partial charge < -0.3 is 15.5 Å². The molecule has 176 valence electrons. The van der Waals surface area contributed by atoms with E-state index in [2.05, 4.69) is 10.6 Å². The molecule has 0 bridgehead atoms.